The second-order valence-corrected chi connectivity index (χ2v) is 7.50. The molecular formula is C19H28N2O4. The molecule has 0 aliphatic heterocycles. The summed E-state index contributed by atoms with van der Waals surface area (Å²) in [6.07, 6.45) is 0.643. The van der Waals surface area contributed by atoms with E-state index in [0.717, 1.165) is 0 Å². The number of amides is 2. The normalized spacial score (nSPS) is 13.6. The molecule has 2 amide bonds. The largest absolute Gasteiger partial charge is 0.480 e. The number of carboxylic acid groups (broad SMARTS) is 1. The number of carboxylic acids is 1. The van der Waals surface area contributed by atoms with Crippen LogP contribution >= 0.6 is 0 Å². The maximum absolute atomic E-state index is 12.2. The summed E-state index contributed by atoms with van der Waals surface area (Å²) in [5.74, 6) is -1.90. The zero-order chi connectivity index (χ0) is 19.2. The number of nitrogens with one attached hydrogen (secondary N) is 2. The maximum atomic E-state index is 12.2. The number of hydrogen-bond acceptors (Lipinski definition) is 3. The smallest absolute Gasteiger partial charge is 0.326 e. The highest BCUT2D eigenvalue weighted by Gasteiger charge is 2.25. The van der Waals surface area contributed by atoms with Gasteiger partial charge in [-0.2, -0.15) is 0 Å². The van der Waals surface area contributed by atoms with Gasteiger partial charge in [0.05, 0.1) is 0 Å². The van der Waals surface area contributed by atoms with E-state index in [2.05, 4.69) is 10.6 Å². The molecule has 6 heteroatoms. The third-order valence-electron chi connectivity index (χ3n) is 3.95. The van der Waals surface area contributed by atoms with Crippen LogP contribution in [0.25, 0.3) is 0 Å². The van der Waals surface area contributed by atoms with Gasteiger partial charge in [-0.1, -0.05) is 41.0 Å². The number of rotatable bonds is 7. The van der Waals surface area contributed by atoms with Crippen molar-refractivity contribution >= 4 is 17.8 Å². The Balaban J connectivity index is 2.76. The van der Waals surface area contributed by atoms with Gasteiger partial charge in [0.2, 0.25) is 0 Å². The third-order valence-corrected chi connectivity index (χ3v) is 3.95. The lowest BCUT2D eigenvalue weighted by atomic mass is 9.97. The monoisotopic (exact) mass is 348 g/mol. The fraction of sp³-hybridized carbons (Fsp3) is 0.526. The Kier molecular flexibility index (Phi) is 7.15. The lowest BCUT2D eigenvalue weighted by Gasteiger charge is -2.20. The summed E-state index contributed by atoms with van der Waals surface area (Å²) < 4.78 is 0. The highest BCUT2D eigenvalue weighted by atomic mass is 16.4. The summed E-state index contributed by atoms with van der Waals surface area (Å²) in [5.41, 5.74) is 0.761. The molecule has 3 N–H and O–H groups in total. The molecule has 1 aromatic carbocycles. The first-order valence-electron chi connectivity index (χ1n) is 8.47. The second kappa shape index (κ2) is 8.65. The van der Waals surface area contributed by atoms with E-state index < -0.39 is 17.9 Å². The minimum atomic E-state index is -1.05. The van der Waals surface area contributed by atoms with Crippen molar-refractivity contribution in [3.8, 4) is 0 Å². The molecule has 1 rings (SSSR count). The van der Waals surface area contributed by atoms with Crippen LogP contribution in [0.15, 0.2) is 24.3 Å². The van der Waals surface area contributed by atoms with Crippen LogP contribution in [0.3, 0.4) is 0 Å². The topological polar surface area (TPSA) is 95.5 Å². The van der Waals surface area contributed by atoms with Crippen LogP contribution in [0.4, 0.5) is 0 Å². The van der Waals surface area contributed by atoms with Crippen molar-refractivity contribution in [2.45, 2.75) is 47.1 Å². The van der Waals surface area contributed by atoms with Crippen molar-refractivity contribution in [3.05, 3.63) is 35.4 Å². The molecule has 0 spiro atoms. The van der Waals surface area contributed by atoms with Crippen LogP contribution in [0.2, 0.25) is 0 Å². The molecule has 6 nitrogen and oxygen atoms in total. The molecule has 0 bridgehead atoms. The predicted octanol–water partition coefficient (Wildman–Crippen LogP) is 2.69. The zero-order valence-corrected chi connectivity index (χ0v) is 15.6. The van der Waals surface area contributed by atoms with Crippen LogP contribution in [0, 0.1) is 11.3 Å². The molecule has 2 unspecified atom stereocenters. The van der Waals surface area contributed by atoms with Crippen molar-refractivity contribution < 1.29 is 19.5 Å². The Labute approximate surface area is 149 Å². The van der Waals surface area contributed by atoms with E-state index in [1.165, 1.54) is 12.1 Å². The summed E-state index contributed by atoms with van der Waals surface area (Å²) in [7, 11) is 0. The summed E-state index contributed by atoms with van der Waals surface area (Å²) >= 11 is 0. The van der Waals surface area contributed by atoms with E-state index in [0.29, 0.717) is 24.1 Å². The van der Waals surface area contributed by atoms with Crippen LogP contribution in [0.5, 0.6) is 0 Å². The molecule has 0 saturated carbocycles. The molecule has 0 aliphatic carbocycles. The highest BCUT2D eigenvalue weighted by Crippen LogP contribution is 2.12. The molecular weight excluding hydrogens is 320 g/mol. The van der Waals surface area contributed by atoms with E-state index in [4.69, 9.17) is 0 Å². The van der Waals surface area contributed by atoms with Crippen LogP contribution < -0.4 is 10.6 Å². The molecule has 0 fully saturated rings. The van der Waals surface area contributed by atoms with Crippen LogP contribution in [-0.2, 0) is 4.79 Å². The molecule has 138 valence electrons. The molecule has 0 aliphatic rings. The average molecular weight is 348 g/mol. The van der Waals surface area contributed by atoms with Crippen LogP contribution in [0.1, 0.15) is 61.8 Å². The molecule has 0 saturated heterocycles. The standard InChI is InChI=1S/C19H28N2O4/c1-6-12(2)15(18(24)25)21-17(23)14-9-7-13(8-10-14)16(22)20-11-19(3,4)5/h7-10,12,15H,6,11H2,1-5H3,(H,20,22)(H,21,23)(H,24,25). The highest BCUT2D eigenvalue weighted by molar-refractivity contribution is 5.99. The lowest BCUT2D eigenvalue weighted by Crippen LogP contribution is -2.45. The van der Waals surface area contributed by atoms with Gasteiger partial charge in [-0.05, 0) is 35.6 Å². The van der Waals surface area contributed by atoms with Gasteiger partial charge in [0.15, 0.2) is 0 Å². The Bertz CT molecular complexity index is 617. The predicted molar refractivity (Wildman–Crippen MR) is 96.6 cm³/mol. The summed E-state index contributed by atoms with van der Waals surface area (Å²) in [4.78, 5) is 35.6. The van der Waals surface area contributed by atoms with Crippen molar-refractivity contribution in [2.75, 3.05) is 6.54 Å². The van der Waals surface area contributed by atoms with Crippen molar-refractivity contribution in [1.82, 2.24) is 10.6 Å². The maximum Gasteiger partial charge on any atom is 0.326 e. The van der Waals surface area contributed by atoms with Gasteiger partial charge >= 0.3 is 5.97 Å². The van der Waals surface area contributed by atoms with E-state index in [1.54, 1.807) is 19.1 Å². The first-order chi connectivity index (χ1) is 11.5. The van der Waals surface area contributed by atoms with Gasteiger partial charge < -0.3 is 15.7 Å². The quantitative estimate of drug-likeness (QED) is 0.706. The first kappa shape index (κ1) is 20.7. The molecule has 0 radical (unpaired) electrons. The van der Waals surface area contributed by atoms with E-state index in [1.807, 2.05) is 27.7 Å². The van der Waals surface area contributed by atoms with Gasteiger partial charge in [0.25, 0.3) is 11.8 Å². The molecule has 1 aromatic rings. The summed E-state index contributed by atoms with van der Waals surface area (Å²) in [6.45, 7) is 10.3. The first-order valence-corrected chi connectivity index (χ1v) is 8.47. The van der Waals surface area contributed by atoms with Crippen LogP contribution in [-0.4, -0.2) is 35.5 Å². The van der Waals surface area contributed by atoms with Gasteiger partial charge in [0, 0.05) is 17.7 Å². The van der Waals surface area contributed by atoms with E-state index in [-0.39, 0.29) is 17.2 Å². The van der Waals surface area contributed by atoms with E-state index in [9.17, 15) is 19.5 Å². The molecule has 2 atom stereocenters. The minimum Gasteiger partial charge on any atom is -0.480 e. The number of hydrogen-bond donors (Lipinski definition) is 3. The molecule has 0 heterocycles. The number of carbonyl (C=O) groups excluding carboxylic acids is 2. The lowest BCUT2D eigenvalue weighted by molar-refractivity contribution is -0.140. The van der Waals surface area contributed by atoms with Gasteiger partial charge in [-0.25, -0.2) is 4.79 Å². The third kappa shape index (κ3) is 6.57. The van der Waals surface area contributed by atoms with E-state index >= 15 is 0 Å². The Morgan fingerprint density at radius 1 is 1.04 bits per heavy atom. The zero-order valence-electron chi connectivity index (χ0n) is 15.6. The molecule has 0 aromatic heterocycles. The van der Waals surface area contributed by atoms with Crippen molar-refractivity contribution in [1.29, 1.82) is 0 Å². The van der Waals surface area contributed by atoms with Gasteiger partial charge in [0.1, 0.15) is 6.04 Å². The van der Waals surface area contributed by atoms with Crippen molar-refractivity contribution in [3.63, 3.8) is 0 Å². The summed E-state index contributed by atoms with van der Waals surface area (Å²) in [5, 5.41) is 14.6. The Morgan fingerprint density at radius 2 is 1.52 bits per heavy atom. The number of benzene rings is 1. The second-order valence-electron chi connectivity index (χ2n) is 7.50. The van der Waals surface area contributed by atoms with Gasteiger partial charge in [-0.3, -0.25) is 9.59 Å². The average Bonchev–Trinajstić information content (AvgIpc) is 2.55. The summed E-state index contributed by atoms with van der Waals surface area (Å²) in [6, 6.07) is 5.23. The molecule has 25 heavy (non-hydrogen) atoms. The minimum absolute atomic E-state index is 0.0166. The SMILES string of the molecule is CCC(C)C(NC(=O)c1ccc(C(=O)NCC(C)(C)C)cc1)C(=O)O. The number of carbonyl (C=O) groups is 3. The Hall–Kier alpha value is -2.37. The Morgan fingerprint density at radius 3 is 1.92 bits per heavy atom. The fourth-order valence-corrected chi connectivity index (χ4v) is 2.13. The fourth-order valence-electron chi connectivity index (χ4n) is 2.13. The van der Waals surface area contributed by atoms with Crippen molar-refractivity contribution in [2.24, 2.45) is 11.3 Å². The van der Waals surface area contributed by atoms with Gasteiger partial charge in [-0.15, -0.1) is 0 Å². The number of aliphatic carboxylic acids is 1.